The molecule has 0 radical (unpaired) electrons. The van der Waals surface area contributed by atoms with Crippen LogP contribution in [0.25, 0.3) is 0 Å². The second-order valence-corrected chi connectivity index (χ2v) is 5.40. The van der Waals surface area contributed by atoms with E-state index in [0.29, 0.717) is 12.8 Å². The minimum absolute atomic E-state index is 0.116. The van der Waals surface area contributed by atoms with Gasteiger partial charge in [0.05, 0.1) is 7.11 Å². The van der Waals surface area contributed by atoms with Crippen LogP contribution in [0, 0.1) is 10.8 Å². The molecule has 1 fully saturated rings. The van der Waals surface area contributed by atoms with Gasteiger partial charge in [-0.1, -0.05) is 20.3 Å². The molecule has 1 rings (SSSR count). The summed E-state index contributed by atoms with van der Waals surface area (Å²) in [4.78, 5) is 23.0. The number of esters is 1. The monoisotopic (exact) mass is 228 g/mol. The Bertz CT molecular complexity index is 295. The number of hydrogen-bond acceptors (Lipinski definition) is 3. The van der Waals surface area contributed by atoms with Crippen LogP contribution in [0.1, 0.15) is 46.0 Å². The van der Waals surface area contributed by atoms with Gasteiger partial charge in [-0.3, -0.25) is 9.59 Å². The minimum atomic E-state index is -1.32. The van der Waals surface area contributed by atoms with Crippen molar-refractivity contribution in [2.75, 3.05) is 7.11 Å². The fourth-order valence-electron chi connectivity index (χ4n) is 2.37. The van der Waals surface area contributed by atoms with Crippen molar-refractivity contribution in [3.05, 3.63) is 0 Å². The lowest BCUT2D eigenvalue weighted by Crippen LogP contribution is -2.40. The quantitative estimate of drug-likeness (QED) is 0.447. The first kappa shape index (κ1) is 13.0. The summed E-state index contributed by atoms with van der Waals surface area (Å²) in [6.07, 6.45) is 3.22. The molecule has 1 aliphatic carbocycles. The number of rotatable bonds is 2. The van der Waals surface area contributed by atoms with Gasteiger partial charge in [0, 0.05) is 0 Å². The molecule has 4 heteroatoms. The molecule has 0 aromatic heterocycles. The number of carboxylic acids is 1. The third-order valence-corrected chi connectivity index (χ3v) is 3.67. The van der Waals surface area contributed by atoms with Crippen LogP contribution >= 0.6 is 0 Å². The van der Waals surface area contributed by atoms with Crippen LogP contribution in [-0.2, 0) is 14.3 Å². The molecule has 1 unspecified atom stereocenters. The third kappa shape index (κ3) is 2.36. The van der Waals surface area contributed by atoms with E-state index in [1.54, 1.807) is 0 Å². The summed E-state index contributed by atoms with van der Waals surface area (Å²) in [5.41, 5.74) is -1.20. The predicted molar refractivity (Wildman–Crippen MR) is 59.0 cm³/mol. The highest BCUT2D eigenvalue weighted by atomic mass is 16.5. The van der Waals surface area contributed by atoms with Crippen LogP contribution in [0.2, 0.25) is 0 Å². The van der Waals surface area contributed by atoms with Crippen molar-refractivity contribution in [2.24, 2.45) is 10.8 Å². The first-order chi connectivity index (χ1) is 7.34. The van der Waals surface area contributed by atoms with Crippen LogP contribution in [0.15, 0.2) is 0 Å². The summed E-state index contributed by atoms with van der Waals surface area (Å²) in [7, 11) is 1.25. The number of methoxy groups -OCH3 is 1. The van der Waals surface area contributed by atoms with Gasteiger partial charge in [-0.15, -0.1) is 0 Å². The molecule has 0 amide bonds. The lowest BCUT2D eigenvalue weighted by Gasteiger charge is -2.26. The van der Waals surface area contributed by atoms with Gasteiger partial charge in [-0.05, 0) is 31.1 Å². The fraction of sp³-hybridized carbons (Fsp3) is 0.833. The van der Waals surface area contributed by atoms with Crippen LogP contribution in [-0.4, -0.2) is 24.2 Å². The van der Waals surface area contributed by atoms with Crippen LogP contribution in [0.5, 0.6) is 0 Å². The summed E-state index contributed by atoms with van der Waals surface area (Å²) in [6, 6.07) is 0. The van der Waals surface area contributed by atoms with Crippen molar-refractivity contribution in [2.45, 2.75) is 46.0 Å². The van der Waals surface area contributed by atoms with E-state index in [4.69, 9.17) is 0 Å². The SMILES string of the molecule is COC(=O)C1(C(=O)O)CCCC(C)(C)CC1. The lowest BCUT2D eigenvalue weighted by molar-refractivity contribution is -0.168. The van der Waals surface area contributed by atoms with Crippen LogP contribution < -0.4 is 0 Å². The largest absolute Gasteiger partial charge is 0.480 e. The molecule has 0 heterocycles. The van der Waals surface area contributed by atoms with Crippen molar-refractivity contribution in [3.63, 3.8) is 0 Å². The van der Waals surface area contributed by atoms with E-state index < -0.39 is 17.4 Å². The molecule has 1 atom stereocenters. The van der Waals surface area contributed by atoms with E-state index in [1.165, 1.54) is 7.11 Å². The minimum Gasteiger partial charge on any atom is -0.480 e. The Morgan fingerprint density at radius 3 is 2.25 bits per heavy atom. The molecule has 0 aromatic carbocycles. The number of ether oxygens (including phenoxy) is 1. The van der Waals surface area contributed by atoms with E-state index in [9.17, 15) is 14.7 Å². The molecule has 1 saturated carbocycles. The topological polar surface area (TPSA) is 63.6 Å². The highest BCUT2D eigenvalue weighted by molar-refractivity contribution is 5.99. The van der Waals surface area contributed by atoms with E-state index in [1.807, 2.05) is 0 Å². The van der Waals surface area contributed by atoms with Crippen LogP contribution in [0.3, 0.4) is 0 Å². The molecular weight excluding hydrogens is 208 g/mol. The first-order valence-corrected chi connectivity index (χ1v) is 5.66. The standard InChI is InChI=1S/C12H20O4/c1-11(2)5-4-6-12(8-7-11,9(13)14)10(15)16-3/h4-8H2,1-3H3,(H,13,14). The summed E-state index contributed by atoms with van der Waals surface area (Å²) in [5, 5.41) is 9.28. The highest BCUT2D eigenvalue weighted by Gasteiger charge is 2.49. The molecule has 0 aliphatic heterocycles. The number of carbonyl (C=O) groups is 2. The number of carboxylic acid groups (broad SMARTS) is 1. The second-order valence-electron chi connectivity index (χ2n) is 5.40. The maximum absolute atomic E-state index is 11.7. The van der Waals surface area contributed by atoms with Crippen molar-refractivity contribution in [1.29, 1.82) is 0 Å². The van der Waals surface area contributed by atoms with Crippen LogP contribution in [0.4, 0.5) is 0 Å². The maximum atomic E-state index is 11.7. The Hall–Kier alpha value is -1.06. The lowest BCUT2D eigenvalue weighted by atomic mass is 9.78. The third-order valence-electron chi connectivity index (χ3n) is 3.67. The Morgan fingerprint density at radius 1 is 1.12 bits per heavy atom. The van der Waals surface area contributed by atoms with Gasteiger partial charge in [-0.25, -0.2) is 0 Å². The van der Waals surface area contributed by atoms with E-state index in [-0.39, 0.29) is 5.41 Å². The second kappa shape index (κ2) is 4.44. The zero-order valence-electron chi connectivity index (χ0n) is 10.2. The average molecular weight is 228 g/mol. The summed E-state index contributed by atoms with van der Waals surface area (Å²) < 4.78 is 4.66. The molecule has 4 nitrogen and oxygen atoms in total. The van der Waals surface area contributed by atoms with Gasteiger partial charge < -0.3 is 9.84 Å². The Labute approximate surface area is 96.0 Å². The Kier molecular flexibility index (Phi) is 3.61. The first-order valence-electron chi connectivity index (χ1n) is 5.66. The van der Waals surface area contributed by atoms with Crippen molar-refractivity contribution >= 4 is 11.9 Å². The zero-order chi connectivity index (χ0) is 12.4. The Balaban J connectivity index is 2.95. The summed E-state index contributed by atoms with van der Waals surface area (Å²) in [5.74, 6) is -1.64. The molecule has 92 valence electrons. The zero-order valence-corrected chi connectivity index (χ0v) is 10.2. The smallest absolute Gasteiger partial charge is 0.323 e. The molecule has 0 saturated heterocycles. The van der Waals surface area contributed by atoms with E-state index in [0.717, 1.165) is 19.3 Å². The van der Waals surface area contributed by atoms with Gasteiger partial charge in [-0.2, -0.15) is 0 Å². The summed E-state index contributed by atoms with van der Waals surface area (Å²) in [6.45, 7) is 4.23. The normalized spacial score (nSPS) is 29.2. The van der Waals surface area contributed by atoms with E-state index >= 15 is 0 Å². The summed E-state index contributed by atoms with van der Waals surface area (Å²) >= 11 is 0. The van der Waals surface area contributed by atoms with Crippen molar-refractivity contribution < 1.29 is 19.4 Å². The number of carbonyl (C=O) groups excluding carboxylic acids is 1. The molecule has 0 bridgehead atoms. The number of aliphatic carboxylic acids is 1. The molecule has 0 spiro atoms. The fourth-order valence-corrected chi connectivity index (χ4v) is 2.37. The van der Waals surface area contributed by atoms with Crippen molar-refractivity contribution in [3.8, 4) is 0 Å². The molecule has 16 heavy (non-hydrogen) atoms. The van der Waals surface area contributed by atoms with Gasteiger partial charge in [0.15, 0.2) is 5.41 Å². The number of hydrogen-bond donors (Lipinski definition) is 1. The molecule has 1 N–H and O–H groups in total. The highest BCUT2D eigenvalue weighted by Crippen LogP contribution is 2.43. The van der Waals surface area contributed by atoms with Gasteiger partial charge >= 0.3 is 11.9 Å². The van der Waals surface area contributed by atoms with E-state index in [2.05, 4.69) is 18.6 Å². The average Bonchev–Trinajstić information content (AvgIpc) is 2.36. The molecule has 1 aliphatic rings. The molecular formula is C12H20O4. The van der Waals surface area contributed by atoms with Gasteiger partial charge in [0.2, 0.25) is 0 Å². The van der Waals surface area contributed by atoms with Crippen molar-refractivity contribution in [1.82, 2.24) is 0 Å². The van der Waals surface area contributed by atoms with Gasteiger partial charge in [0.1, 0.15) is 0 Å². The van der Waals surface area contributed by atoms with Gasteiger partial charge in [0.25, 0.3) is 0 Å². The maximum Gasteiger partial charge on any atom is 0.323 e. The Morgan fingerprint density at radius 2 is 1.75 bits per heavy atom. The predicted octanol–water partition coefficient (Wildman–Crippen LogP) is 2.22. The molecule has 0 aromatic rings.